The number of nitrogens with zero attached hydrogens (tertiary/aromatic N) is 1. The maximum absolute atomic E-state index is 6.58. The molecule has 0 fully saturated rings. The Morgan fingerprint density at radius 1 is 0.375 bits per heavy atom. The van der Waals surface area contributed by atoms with Crippen molar-refractivity contribution in [2.24, 2.45) is 0 Å². The molecule has 12 aromatic rings. The van der Waals surface area contributed by atoms with Gasteiger partial charge in [0.15, 0.2) is 0 Å². The Balaban J connectivity index is 1.09. The lowest BCUT2D eigenvalue weighted by molar-refractivity contribution is 0.672. The van der Waals surface area contributed by atoms with Crippen molar-refractivity contribution >= 4 is 113 Å². The molecule has 56 heavy (non-hydrogen) atoms. The average Bonchev–Trinajstić information content (AvgIpc) is 3.95. The van der Waals surface area contributed by atoms with Crippen molar-refractivity contribution in [1.82, 2.24) is 0 Å². The lowest BCUT2D eigenvalue weighted by atomic mass is 9.98. The van der Waals surface area contributed by atoms with Crippen molar-refractivity contribution in [3.63, 3.8) is 0 Å². The third kappa shape index (κ3) is 4.86. The summed E-state index contributed by atoms with van der Waals surface area (Å²) >= 11 is 3.74. The standard InChI is InChI=1S/C52H31NOS2/c1-2-11-32(12-3-1)37-14-6-8-18-45(37)53(35-23-27-46-43(30-35)42-26-21-33-13-4-5-15-39(33)52(42)54-46)36-24-28-48-44(31-36)51-38(17-10-20-49(51)55-48)34-22-25-41-40-16-7-9-19-47(40)56-50(41)29-34/h1-31H. The molecule has 9 aromatic carbocycles. The van der Waals surface area contributed by atoms with E-state index in [4.69, 9.17) is 4.42 Å². The number of fused-ring (bicyclic) bond motifs is 11. The van der Waals surface area contributed by atoms with Gasteiger partial charge in [-0.1, -0.05) is 121 Å². The SMILES string of the molecule is c1ccc(-c2ccccc2N(c2ccc3oc4c5ccccc5ccc4c3c2)c2ccc3sc4cccc(-c5ccc6c(c5)sc5ccccc56)c4c3c2)cc1. The summed E-state index contributed by atoms with van der Waals surface area (Å²) in [6.07, 6.45) is 0. The quantitative estimate of drug-likeness (QED) is 0.174. The number of anilines is 3. The molecule has 0 unspecified atom stereocenters. The van der Waals surface area contributed by atoms with Gasteiger partial charge >= 0.3 is 0 Å². The molecule has 0 atom stereocenters. The highest BCUT2D eigenvalue weighted by Crippen LogP contribution is 2.47. The molecule has 3 aromatic heterocycles. The second kappa shape index (κ2) is 12.4. The van der Waals surface area contributed by atoms with Gasteiger partial charge in [-0.25, -0.2) is 0 Å². The summed E-state index contributed by atoms with van der Waals surface area (Å²) in [4.78, 5) is 2.43. The fourth-order valence-corrected chi connectivity index (χ4v) is 10.9. The molecule has 0 amide bonds. The Morgan fingerprint density at radius 3 is 1.98 bits per heavy atom. The van der Waals surface area contributed by atoms with Crippen LogP contribution in [0.2, 0.25) is 0 Å². The molecule has 4 heteroatoms. The molecule has 0 aliphatic carbocycles. The molecule has 0 saturated carbocycles. The highest BCUT2D eigenvalue weighted by Gasteiger charge is 2.21. The number of rotatable bonds is 5. The molecule has 0 radical (unpaired) electrons. The lowest BCUT2D eigenvalue weighted by Crippen LogP contribution is -2.11. The Morgan fingerprint density at radius 2 is 1.05 bits per heavy atom. The van der Waals surface area contributed by atoms with Gasteiger partial charge in [-0.2, -0.15) is 0 Å². The fourth-order valence-electron chi connectivity index (χ4n) is 8.68. The van der Waals surface area contributed by atoms with Crippen LogP contribution < -0.4 is 4.90 Å². The third-order valence-corrected chi connectivity index (χ3v) is 13.5. The fraction of sp³-hybridized carbons (Fsp3) is 0. The van der Waals surface area contributed by atoms with Gasteiger partial charge in [0.25, 0.3) is 0 Å². The molecule has 0 aliphatic heterocycles. The van der Waals surface area contributed by atoms with E-state index in [2.05, 4.69) is 193 Å². The molecule has 0 aliphatic rings. The van der Waals surface area contributed by atoms with Gasteiger partial charge in [0.05, 0.1) is 5.69 Å². The molecule has 3 heterocycles. The first-order valence-electron chi connectivity index (χ1n) is 18.9. The van der Waals surface area contributed by atoms with Crippen LogP contribution in [0.1, 0.15) is 0 Å². The van der Waals surface area contributed by atoms with Crippen LogP contribution in [0.5, 0.6) is 0 Å². The van der Waals surface area contributed by atoms with E-state index in [9.17, 15) is 0 Å². The first kappa shape index (κ1) is 31.6. The minimum Gasteiger partial charge on any atom is -0.455 e. The highest BCUT2D eigenvalue weighted by atomic mass is 32.1. The predicted molar refractivity (Wildman–Crippen MR) is 243 cm³/mol. The number of hydrogen-bond acceptors (Lipinski definition) is 4. The van der Waals surface area contributed by atoms with Crippen molar-refractivity contribution in [3.8, 4) is 22.3 Å². The van der Waals surface area contributed by atoms with Crippen LogP contribution in [0.4, 0.5) is 17.1 Å². The first-order chi connectivity index (χ1) is 27.7. The Hall–Kier alpha value is -6.72. The van der Waals surface area contributed by atoms with Crippen LogP contribution in [0.3, 0.4) is 0 Å². The van der Waals surface area contributed by atoms with Crippen LogP contribution in [0.15, 0.2) is 192 Å². The molecular formula is C52H31NOS2. The van der Waals surface area contributed by atoms with Crippen LogP contribution >= 0.6 is 22.7 Å². The van der Waals surface area contributed by atoms with Crippen molar-refractivity contribution in [2.45, 2.75) is 0 Å². The molecule has 2 nitrogen and oxygen atoms in total. The molecule has 0 bridgehead atoms. The first-order valence-corrected chi connectivity index (χ1v) is 20.5. The summed E-state index contributed by atoms with van der Waals surface area (Å²) in [6.45, 7) is 0. The van der Waals surface area contributed by atoms with Gasteiger partial charge in [-0.3, -0.25) is 0 Å². The number of furan rings is 1. The van der Waals surface area contributed by atoms with Crippen molar-refractivity contribution in [1.29, 1.82) is 0 Å². The van der Waals surface area contributed by atoms with E-state index in [0.717, 1.165) is 44.4 Å². The lowest BCUT2D eigenvalue weighted by Gasteiger charge is -2.28. The minimum atomic E-state index is 0.885. The number of thiophene rings is 2. The van der Waals surface area contributed by atoms with Crippen molar-refractivity contribution < 1.29 is 4.42 Å². The van der Waals surface area contributed by atoms with E-state index >= 15 is 0 Å². The van der Waals surface area contributed by atoms with Crippen molar-refractivity contribution in [2.75, 3.05) is 4.90 Å². The summed E-state index contributed by atoms with van der Waals surface area (Å²) in [7, 11) is 0. The Labute approximate surface area is 330 Å². The van der Waals surface area contributed by atoms with Gasteiger partial charge in [0, 0.05) is 73.4 Å². The van der Waals surface area contributed by atoms with E-state index < -0.39 is 0 Å². The maximum atomic E-state index is 6.58. The maximum Gasteiger partial charge on any atom is 0.143 e. The van der Waals surface area contributed by atoms with Gasteiger partial charge in [0.2, 0.25) is 0 Å². The zero-order chi connectivity index (χ0) is 36.7. The monoisotopic (exact) mass is 749 g/mol. The number of benzene rings is 9. The molecular weight excluding hydrogens is 719 g/mol. The Kier molecular flexibility index (Phi) is 7.00. The van der Waals surface area contributed by atoms with Gasteiger partial charge in [-0.15, -0.1) is 22.7 Å². The zero-order valence-corrected chi connectivity index (χ0v) is 31.7. The summed E-state index contributed by atoms with van der Waals surface area (Å²) < 4.78 is 11.8. The van der Waals surface area contributed by atoms with E-state index in [-0.39, 0.29) is 0 Å². The van der Waals surface area contributed by atoms with E-state index in [1.807, 2.05) is 22.7 Å². The molecule has 0 spiro atoms. The van der Waals surface area contributed by atoms with Gasteiger partial charge in [-0.05, 0) is 88.8 Å². The highest BCUT2D eigenvalue weighted by molar-refractivity contribution is 7.26. The molecule has 0 saturated heterocycles. The average molecular weight is 750 g/mol. The molecule has 0 N–H and O–H groups in total. The predicted octanol–water partition coefficient (Wildman–Crippen LogP) is 16.3. The topological polar surface area (TPSA) is 16.4 Å². The summed E-state index contributed by atoms with van der Waals surface area (Å²) in [5.41, 5.74) is 9.97. The number of para-hydroxylation sites is 1. The van der Waals surface area contributed by atoms with Crippen LogP contribution in [0.25, 0.3) is 95.3 Å². The number of hydrogen-bond donors (Lipinski definition) is 0. The van der Waals surface area contributed by atoms with Gasteiger partial charge in [0.1, 0.15) is 11.2 Å². The second-order valence-electron chi connectivity index (χ2n) is 14.4. The molecule has 262 valence electrons. The van der Waals surface area contributed by atoms with E-state index in [1.54, 1.807) is 0 Å². The smallest absolute Gasteiger partial charge is 0.143 e. The van der Waals surface area contributed by atoms with Gasteiger partial charge < -0.3 is 9.32 Å². The summed E-state index contributed by atoms with van der Waals surface area (Å²) in [6, 6.07) is 68.5. The van der Waals surface area contributed by atoms with Crippen LogP contribution in [-0.4, -0.2) is 0 Å². The Bertz CT molecular complexity index is 3500. The summed E-state index contributed by atoms with van der Waals surface area (Å²) in [5, 5.41) is 9.74. The largest absolute Gasteiger partial charge is 0.455 e. The zero-order valence-electron chi connectivity index (χ0n) is 30.1. The third-order valence-electron chi connectivity index (χ3n) is 11.3. The van der Waals surface area contributed by atoms with Crippen LogP contribution in [0, 0.1) is 0 Å². The van der Waals surface area contributed by atoms with Crippen molar-refractivity contribution in [3.05, 3.63) is 188 Å². The summed E-state index contributed by atoms with van der Waals surface area (Å²) in [5.74, 6) is 0. The molecule has 12 rings (SSSR count). The second-order valence-corrected chi connectivity index (χ2v) is 16.6. The van der Waals surface area contributed by atoms with E-state index in [0.29, 0.717) is 0 Å². The van der Waals surface area contributed by atoms with Crippen LogP contribution in [-0.2, 0) is 0 Å². The van der Waals surface area contributed by atoms with E-state index in [1.165, 1.54) is 68.0 Å². The normalized spacial score (nSPS) is 11.9. The minimum absolute atomic E-state index is 0.885.